The number of benzene rings is 1. The quantitative estimate of drug-likeness (QED) is 0.329. The van der Waals surface area contributed by atoms with Crippen LogP contribution in [0.5, 0.6) is 11.6 Å². The number of imidazole rings is 1. The number of nitrogens with one attached hydrogen (secondary N) is 1. The number of piperazine rings is 1. The Morgan fingerprint density at radius 2 is 1.90 bits per heavy atom. The Morgan fingerprint density at radius 1 is 1.08 bits per heavy atom. The van der Waals surface area contributed by atoms with Gasteiger partial charge in [-0.2, -0.15) is 4.98 Å². The molecule has 1 saturated heterocycles. The van der Waals surface area contributed by atoms with Gasteiger partial charge in [-0.15, -0.1) is 0 Å². The van der Waals surface area contributed by atoms with Crippen molar-refractivity contribution in [2.24, 2.45) is 0 Å². The van der Waals surface area contributed by atoms with Gasteiger partial charge in [0.2, 0.25) is 5.88 Å². The van der Waals surface area contributed by atoms with Crippen LogP contribution in [0.15, 0.2) is 36.8 Å². The fourth-order valence-corrected chi connectivity index (χ4v) is 5.10. The summed E-state index contributed by atoms with van der Waals surface area (Å²) in [5.74, 6) is 1.93. The fraction of sp³-hybridized carbons (Fsp3) is 0.448. The van der Waals surface area contributed by atoms with Crippen LogP contribution in [0, 0.1) is 13.8 Å². The summed E-state index contributed by atoms with van der Waals surface area (Å²) < 4.78 is 14.4. The molecule has 9 nitrogen and oxygen atoms in total. The lowest BCUT2D eigenvalue weighted by molar-refractivity contribution is 0.191. The van der Waals surface area contributed by atoms with Crippen molar-refractivity contribution < 1.29 is 9.47 Å². The molecule has 0 atom stereocenters. The van der Waals surface area contributed by atoms with Crippen molar-refractivity contribution >= 4 is 22.8 Å². The Balaban J connectivity index is 1.34. The smallest absolute Gasteiger partial charge is 0.245 e. The first-order valence-electron chi connectivity index (χ1n) is 13.6. The lowest BCUT2D eigenvalue weighted by atomic mass is 10.1. The minimum atomic E-state index is -0.193. The zero-order valence-electron chi connectivity index (χ0n) is 22.7. The highest BCUT2D eigenvalue weighted by Crippen LogP contribution is 2.41. The van der Waals surface area contributed by atoms with Crippen LogP contribution >= 0.6 is 11.6 Å². The van der Waals surface area contributed by atoms with Gasteiger partial charge in [0.05, 0.1) is 17.3 Å². The van der Waals surface area contributed by atoms with Crippen LogP contribution in [0.3, 0.4) is 0 Å². The number of nitrogens with zero attached hydrogens (tertiary/aromatic N) is 6. The second-order valence-corrected chi connectivity index (χ2v) is 11.1. The number of fused-ring (bicyclic) bond motifs is 1. The van der Waals surface area contributed by atoms with Crippen molar-refractivity contribution in [1.29, 1.82) is 0 Å². The van der Waals surface area contributed by atoms with E-state index >= 15 is 0 Å². The standard InChI is InChI=1S/C29H34ClN7O2/c1-19-6-9-32-24(20(19)2)17-37-26(35-25-27(37)33-18-34-28(25)39-29(3)7-8-29)22-5-4-21(16-23(22)30)38-15-14-36-12-10-31-11-13-36/h4-6,9,16,18,31H,7-8,10-15,17H2,1-3H3. The predicted octanol–water partition coefficient (Wildman–Crippen LogP) is 4.42. The van der Waals surface area contributed by atoms with Gasteiger partial charge in [0, 0.05) is 44.5 Å². The van der Waals surface area contributed by atoms with Crippen LogP contribution in [0.2, 0.25) is 5.02 Å². The number of hydrogen-bond donors (Lipinski definition) is 1. The maximum absolute atomic E-state index is 6.87. The minimum Gasteiger partial charge on any atom is -0.492 e. The third kappa shape index (κ3) is 5.57. The molecule has 1 N–H and O–H groups in total. The molecule has 4 aromatic rings. The second-order valence-electron chi connectivity index (χ2n) is 10.7. The van der Waals surface area contributed by atoms with Gasteiger partial charge < -0.3 is 19.4 Å². The van der Waals surface area contributed by atoms with Crippen LogP contribution < -0.4 is 14.8 Å². The van der Waals surface area contributed by atoms with Crippen molar-refractivity contribution in [3.05, 3.63) is 58.6 Å². The Kier molecular flexibility index (Phi) is 7.14. The third-order valence-electron chi connectivity index (χ3n) is 7.75. The highest BCUT2D eigenvalue weighted by Gasteiger charge is 2.41. The van der Waals surface area contributed by atoms with Crippen LogP contribution in [0.1, 0.15) is 36.6 Å². The molecule has 0 radical (unpaired) electrons. The van der Waals surface area contributed by atoms with Gasteiger partial charge in [-0.05, 0) is 69.0 Å². The number of pyridine rings is 1. The zero-order valence-corrected chi connectivity index (χ0v) is 23.5. The summed E-state index contributed by atoms with van der Waals surface area (Å²) in [6.07, 6.45) is 5.38. The highest BCUT2D eigenvalue weighted by atomic mass is 35.5. The van der Waals surface area contributed by atoms with Gasteiger partial charge in [-0.1, -0.05) is 11.6 Å². The van der Waals surface area contributed by atoms with Crippen molar-refractivity contribution in [3.63, 3.8) is 0 Å². The van der Waals surface area contributed by atoms with E-state index in [9.17, 15) is 0 Å². The van der Waals surface area contributed by atoms with E-state index in [1.165, 1.54) is 5.56 Å². The van der Waals surface area contributed by atoms with Crippen LogP contribution in [-0.4, -0.2) is 74.3 Å². The maximum atomic E-state index is 6.87. The van der Waals surface area contributed by atoms with E-state index in [1.807, 2.05) is 30.5 Å². The molecule has 10 heteroatoms. The Bertz CT molecular complexity index is 1490. The number of rotatable bonds is 9. The zero-order chi connectivity index (χ0) is 27.0. The summed E-state index contributed by atoms with van der Waals surface area (Å²) in [6, 6.07) is 7.80. The van der Waals surface area contributed by atoms with Crippen molar-refractivity contribution in [2.45, 2.75) is 45.8 Å². The van der Waals surface area contributed by atoms with Gasteiger partial charge in [-0.25, -0.2) is 9.97 Å². The van der Waals surface area contributed by atoms with E-state index in [1.54, 1.807) is 6.33 Å². The number of ether oxygens (including phenoxy) is 2. The molecule has 4 heterocycles. The van der Waals surface area contributed by atoms with Crippen molar-refractivity contribution in [1.82, 2.24) is 34.7 Å². The van der Waals surface area contributed by atoms with Gasteiger partial charge in [-0.3, -0.25) is 9.88 Å². The number of halogens is 1. The molecule has 1 aliphatic carbocycles. The summed E-state index contributed by atoms with van der Waals surface area (Å²) in [5, 5.41) is 3.94. The van der Waals surface area contributed by atoms with E-state index in [4.69, 9.17) is 26.1 Å². The molecule has 0 unspecified atom stereocenters. The Hall–Kier alpha value is -3.27. The molecular formula is C29H34ClN7O2. The fourth-order valence-electron chi connectivity index (χ4n) is 4.85. The van der Waals surface area contributed by atoms with Gasteiger partial charge in [0.1, 0.15) is 30.1 Å². The van der Waals surface area contributed by atoms with Crippen LogP contribution in [-0.2, 0) is 6.54 Å². The molecule has 2 aliphatic rings. The molecule has 0 spiro atoms. The van der Waals surface area contributed by atoms with E-state index in [-0.39, 0.29) is 5.60 Å². The number of hydrogen-bond acceptors (Lipinski definition) is 8. The molecule has 1 saturated carbocycles. The van der Waals surface area contributed by atoms with Crippen molar-refractivity contribution in [2.75, 3.05) is 39.3 Å². The SMILES string of the molecule is Cc1ccnc(Cn2c(-c3ccc(OCCN4CCNCC4)cc3Cl)nc3c(OC4(C)CC4)ncnc32)c1C. The first kappa shape index (κ1) is 26.0. The monoisotopic (exact) mass is 547 g/mol. The molecule has 2 fully saturated rings. The number of aromatic nitrogens is 5. The average Bonchev–Trinajstić information content (AvgIpc) is 3.55. The molecule has 0 bridgehead atoms. The minimum absolute atomic E-state index is 0.193. The summed E-state index contributed by atoms with van der Waals surface area (Å²) in [5.41, 5.74) is 5.19. The van der Waals surface area contributed by atoms with E-state index in [0.29, 0.717) is 41.0 Å². The van der Waals surface area contributed by atoms with E-state index < -0.39 is 0 Å². The Labute approximate surface area is 233 Å². The molecule has 1 aliphatic heterocycles. The van der Waals surface area contributed by atoms with Gasteiger partial charge in [0.25, 0.3) is 0 Å². The number of aryl methyl sites for hydroxylation is 1. The third-order valence-corrected chi connectivity index (χ3v) is 8.06. The van der Waals surface area contributed by atoms with Crippen molar-refractivity contribution in [3.8, 4) is 23.0 Å². The summed E-state index contributed by atoms with van der Waals surface area (Å²) in [6.45, 7) is 12.4. The average molecular weight is 548 g/mol. The molecule has 204 valence electrons. The normalized spacial score (nSPS) is 16.9. The largest absolute Gasteiger partial charge is 0.492 e. The molecule has 6 rings (SSSR count). The molecule has 1 aromatic carbocycles. The highest BCUT2D eigenvalue weighted by molar-refractivity contribution is 6.33. The molecular weight excluding hydrogens is 514 g/mol. The van der Waals surface area contributed by atoms with Gasteiger partial charge >= 0.3 is 0 Å². The first-order chi connectivity index (χ1) is 18.9. The molecule has 39 heavy (non-hydrogen) atoms. The Morgan fingerprint density at radius 3 is 2.67 bits per heavy atom. The first-order valence-corrected chi connectivity index (χ1v) is 14.0. The van der Waals surface area contributed by atoms with Crippen LogP contribution in [0.4, 0.5) is 0 Å². The summed E-state index contributed by atoms with van der Waals surface area (Å²) >= 11 is 6.87. The van der Waals surface area contributed by atoms with Gasteiger partial charge in [0.15, 0.2) is 11.2 Å². The molecule has 0 amide bonds. The van der Waals surface area contributed by atoms with Crippen LogP contribution in [0.25, 0.3) is 22.6 Å². The lowest BCUT2D eigenvalue weighted by Gasteiger charge is -2.26. The predicted molar refractivity (Wildman–Crippen MR) is 152 cm³/mol. The topological polar surface area (TPSA) is 90.2 Å². The lowest BCUT2D eigenvalue weighted by Crippen LogP contribution is -2.44. The maximum Gasteiger partial charge on any atom is 0.245 e. The second kappa shape index (κ2) is 10.7. The van der Waals surface area contributed by atoms with E-state index in [0.717, 1.165) is 68.1 Å². The summed E-state index contributed by atoms with van der Waals surface area (Å²) in [4.78, 5) is 21.1. The summed E-state index contributed by atoms with van der Waals surface area (Å²) in [7, 11) is 0. The van der Waals surface area contributed by atoms with E-state index in [2.05, 4.69) is 50.5 Å². The molecule has 3 aromatic heterocycles.